The van der Waals surface area contributed by atoms with E-state index in [2.05, 4.69) is 31.5 Å². The molecule has 0 saturated heterocycles. The highest BCUT2D eigenvalue weighted by molar-refractivity contribution is 9.10. The predicted octanol–water partition coefficient (Wildman–Crippen LogP) is 3.80. The van der Waals surface area contributed by atoms with Crippen molar-refractivity contribution in [1.29, 1.82) is 0 Å². The summed E-state index contributed by atoms with van der Waals surface area (Å²) in [6.45, 7) is 4.74. The Morgan fingerprint density at radius 3 is 2.91 bits per heavy atom. The second kappa shape index (κ2) is 8.53. The van der Waals surface area contributed by atoms with Gasteiger partial charge in [-0.1, -0.05) is 34.1 Å². The Labute approximate surface area is 144 Å². The van der Waals surface area contributed by atoms with Gasteiger partial charge in [-0.15, -0.1) is 0 Å². The van der Waals surface area contributed by atoms with Gasteiger partial charge in [-0.3, -0.25) is 0 Å². The number of nitrogens with zero attached hydrogens (tertiary/aromatic N) is 1. The summed E-state index contributed by atoms with van der Waals surface area (Å²) in [5, 5.41) is 5.74. The largest absolute Gasteiger partial charge is 0.478 e. The molecule has 1 heterocycles. The van der Waals surface area contributed by atoms with E-state index in [4.69, 9.17) is 4.74 Å². The lowest BCUT2D eigenvalue weighted by atomic mass is 10.1. The number of hydrogen-bond donors (Lipinski definition) is 2. The van der Waals surface area contributed by atoms with Crippen molar-refractivity contribution in [2.24, 2.45) is 0 Å². The number of urea groups is 1. The van der Waals surface area contributed by atoms with E-state index in [1.165, 1.54) is 0 Å². The Morgan fingerprint density at radius 1 is 1.35 bits per heavy atom. The lowest BCUT2D eigenvalue weighted by molar-refractivity contribution is 0.237. The van der Waals surface area contributed by atoms with E-state index < -0.39 is 0 Å². The molecule has 0 aliphatic heterocycles. The van der Waals surface area contributed by atoms with Crippen molar-refractivity contribution in [1.82, 2.24) is 15.6 Å². The average Bonchev–Trinajstić information content (AvgIpc) is 2.54. The molecule has 0 fully saturated rings. The summed E-state index contributed by atoms with van der Waals surface area (Å²) >= 11 is 3.43. The number of nitrogens with one attached hydrogen (secondary N) is 2. The van der Waals surface area contributed by atoms with Crippen LogP contribution in [0.3, 0.4) is 0 Å². The normalized spacial score (nSPS) is 11.6. The molecule has 1 atom stereocenters. The molecule has 2 rings (SSSR count). The van der Waals surface area contributed by atoms with Crippen molar-refractivity contribution < 1.29 is 9.53 Å². The van der Waals surface area contributed by atoms with Crippen molar-refractivity contribution in [3.8, 4) is 5.88 Å². The third-order valence-corrected chi connectivity index (χ3v) is 3.76. The van der Waals surface area contributed by atoms with E-state index in [1.54, 1.807) is 6.20 Å². The monoisotopic (exact) mass is 377 g/mol. The van der Waals surface area contributed by atoms with Crippen LogP contribution in [0.25, 0.3) is 0 Å². The molecule has 5 nitrogen and oxygen atoms in total. The van der Waals surface area contributed by atoms with Crippen LogP contribution in [0.2, 0.25) is 0 Å². The molecule has 1 aromatic heterocycles. The first-order chi connectivity index (χ1) is 11.1. The first-order valence-corrected chi connectivity index (χ1v) is 8.26. The van der Waals surface area contributed by atoms with Gasteiger partial charge in [0, 0.05) is 22.8 Å². The molecule has 2 N–H and O–H groups in total. The van der Waals surface area contributed by atoms with E-state index in [-0.39, 0.29) is 12.1 Å². The molecule has 0 bridgehead atoms. The first kappa shape index (κ1) is 17.3. The Morgan fingerprint density at radius 2 is 2.17 bits per heavy atom. The molecule has 23 heavy (non-hydrogen) atoms. The predicted molar refractivity (Wildman–Crippen MR) is 93.3 cm³/mol. The van der Waals surface area contributed by atoms with Crippen molar-refractivity contribution in [3.05, 3.63) is 58.2 Å². The molecular formula is C17H20BrN3O2. The van der Waals surface area contributed by atoms with Crippen LogP contribution in [0.4, 0.5) is 4.79 Å². The minimum atomic E-state index is -0.233. The number of ether oxygens (including phenoxy) is 1. The molecule has 0 aliphatic rings. The fourth-order valence-electron chi connectivity index (χ4n) is 2.11. The number of carbonyl (C=O) groups excluding carboxylic acids is 1. The maximum absolute atomic E-state index is 12.1. The van der Waals surface area contributed by atoms with Gasteiger partial charge in [-0.2, -0.15) is 0 Å². The topological polar surface area (TPSA) is 63.2 Å². The fourth-order valence-corrected chi connectivity index (χ4v) is 2.52. The minimum Gasteiger partial charge on any atom is -0.478 e. The van der Waals surface area contributed by atoms with Crippen molar-refractivity contribution in [2.75, 3.05) is 6.61 Å². The number of amides is 2. The van der Waals surface area contributed by atoms with Crippen LogP contribution in [0.15, 0.2) is 47.1 Å². The zero-order chi connectivity index (χ0) is 16.7. The highest BCUT2D eigenvalue weighted by atomic mass is 79.9. The van der Waals surface area contributed by atoms with E-state index in [0.717, 1.165) is 15.6 Å². The maximum Gasteiger partial charge on any atom is 0.315 e. The Balaban J connectivity index is 1.90. The number of pyridine rings is 1. The Kier molecular flexibility index (Phi) is 6.40. The summed E-state index contributed by atoms with van der Waals surface area (Å²) in [5.41, 5.74) is 1.88. The minimum absolute atomic E-state index is 0.0900. The summed E-state index contributed by atoms with van der Waals surface area (Å²) < 4.78 is 6.43. The van der Waals surface area contributed by atoms with E-state index in [9.17, 15) is 4.79 Å². The average molecular weight is 378 g/mol. The van der Waals surface area contributed by atoms with Gasteiger partial charge in [0.25, 0.3) is 0 Å². The van der Waals surface area contributed by atoms with Gasteiger partial charge >= 0.3 is 6.03 Å². The molecule has 1 aromatic carbocycles. The number of halogens is 1. The van der Waals surface area contributed by atoms with Crippen LogP contribution in [0.1, 0.15) is 31.0 Å². The van der Waals surface area contributed by atoms with Gasteiger partial charge in [-0.05, 0) is 37.6 Å². The van der Waals surface area contributed by atoms with Crippen LogP contribution in [-0.2, 0) is 6.54 Å². The van der Waals surface area contributed by atoms with Crippen molar-refractivity contribution in [2.45, 2.75) is 26.4 Å². The van der Waals surface area contributed by atoms with E-state index >= 15 is 0 Å². The Hall–Kier alpha value is -2.08. The third-order valence-electron chi connectivity index (χ3n) is 3.27. The van der Waals surface area contributed by atoms with Crippen molar-refractivity contribution >= 4 is 22.0 Å². The number of rotatable bonds is 6. The number of hydrogen-bond acceptors (Lipinski definition) is 3. The van der Waals surface area contributed by atoms with Gasteiger partial charge in [0.1, 0.15) is 0 Å². The van der Waals surface area contributed by atoms with Crippen molar-refractivity contribution in [3.63, 3.8) is 0 Å². The molecule has 0 spiro atoms. The second-order valence-electron chi connectivity index (χ2n) is 5.00. The van der Waals surface area contributed by atoms with Gasteiger partial charge in [0.05, 0.1) is 12.6 Å². The van der Waals surface area contributed by atoms with Gasteiger partial charge < -0.3 is 15.4 Å². The molecular weight excluding hydrogens is 358 g/mol. The molecule has 0 saturated carbocycles. The third kappa shape index (κ3) is 5.25. The molecule has 0 unspecified atom stereocenters. The van der Waals surface area contributed by atoms with Crippen LogP contribution in [0.5, 0.6) is 5.88 Å². The molecule has 0 radical (unpaired) electrons. The number of benzene rings is 1. The van der Waals surface area contributed by atoms with Gasteiger partial charge in [0.2, 0.25) is 5.88 Å². The zero-order valence-corrected chi connectivity index (χ0v) is 14.8. The second-order valence-corrected chi connectivity index (χ2v) is 5.92. The first-order valence-electron chi connectivity index (χ1n) is 7.46. The quantitative estimate of drug-likeness (QED) is 0.804. The van der Waals surface area contributed by atoms with E-state index in [1.807, 2.05) is 50.2 Å². The highest BCUT2D eigenvalue weighted by Gasteiger charge is 2.11. The standard InChI is InChI=1S/C17H20BrN3O2/c1-3-23-16-14(7-5-9-19-16)11-20-17(22)21-12(2)13-6-4-8-15(18)10-13/h4-10,12H,3,11H2,1-2H3,(H2,20,21,22)/t12-/m0/s1. The van der Waals surface area contributed by atoms with Crippen LogP contribution in [-0.4, -0.2) is 17.6 Å². The van der Waals surface area contributed by atoms with Crippen LogP contribution in [0, 0.1) is 0 Å². The summed E-state index contributed by atoms with van der Waals surface area (Å²) in [7, 11) is 0. The molecule has 2 aromatic rings. The lowest BCUT2D eigenvalue weighted by Crippen LogP contribution is -2.36. The highest BCUT2D eigenvalue weighted by Crippen LogP contribution is 2.18. The molecule has 0 aliphatic carbocycles. The fraction of sp³-hybridized carbons (Fsp3) is 0.294. The summed E-state index contributed by atoms with van der Waals surface area (Å²) in [6.07, 6.45) is 1.67. The smallest absolute Gasteiger partial charge is 0.315 e. The Bertz CT molecular complexity index is 664. The number of carbonyl (C=O) groups is 1. The summed E-state index contributed by atoms with van der Waals surface area (Å²) in [4.78, 5) is 16.2. The SMILES string of the molecule is CCOc1ncccc1CNC(=O)N[C@@H](C)c1cccc(Br)c1. The summed E-state index contributed by atoms with van der Waals surface area (Å²) in [6, 6.07) is 11.2. The lowest BCUT2D eigenvalue weighted by Gasteiger charge is -2.16. The molecule has 6 heteroatoms. The van der Waals surface area contributed by atoms with Gasteiger partial charge in [-0.25, -0.2) is 9.78 Å². The zero-order valence-electron chi connectivity index (χ0n) is 13.2. The van der Waals surface area contributed by atoms with E-state index in [0.29, 0.717) is 19.0 Å². The maximum atomic E-state index is 12.1. The number of aromatic nitrogens is 1. The molecule has 2 amide bonds. The van der Waals surface area contributed by atoms with Gasteiger partial charge in [0.15, 0.2) is 0 Å². The van der Waals surface area contributed by atoms with Crippen LogP contribution >= 0.6 is 15.9 Å². The molecule has 122 valence electrons. The summed E-state index contributed by atoms with van der Waals surface area (Å²) in [5.74, 6) is 0.551. The van der Waals surface area contributed by atoms with Crippen LogP contribution < -0.4 is 15.4 Å².